The molecule has 1 aliphatic heterocycles. The Balaban J connectivity index is 1.54. The average Bonchev–Trinajstić information content (AvgIpc) is 3.11. The van der Waals surface area contributed by atoms with Crippen LogP contribution in [0.2, 0.25) is 0 Å². The fourth-order valence-corrected chi connectivity index (χ4v) is 3.55. The third-order valence-corrected chi connectivity index (χ3v) is 5.00. The Kier molecular flexibility index (Phi) is 5.65. The Morgan fingerprint density at radius 2 is 1.80 bits per heavy atom. The van der Waals surface area contributed by atoms with E-state index >= 15 is 0 Å². The van der Waals surface area contributed by atoms with Crippen molar-refractivity contribution in [3.63, 3.8) is 0 Å². The summed E-state index contributed by atoms with van der Waals surface area (Å²) in [6.45, 7) is 4.25. The molecule has 0 radical (unpaired) electrons. The molecule has 25 heavy (non-hydrogen) atoms. The van der Waals surface area contributed by atoms with Crippen molar-refractivity contribution >= 4 is 23.3 Å². The van der Waals surface area contributed by atoms with Crippen LogP contribution in [0.1, 0.15) is 12.6 Å². The Morgan fingerprint density at radius 3 is 2.48 bits per heavy atom. The quantitative estimate of drug-likeness (QED) is 0.842. The molecular weight excluding hydrogens is 338 g/mol. The fraction of sp³-hybridized carbons (Fsp3) is 0.389. The predicted molar refractivity (Wildman–Crippen MR) is 96.4 cm³/mol. The minimum atomic E-state index is -0.304. The summed E-state index contributed by atoms with van der Waals surface area (Å²) >= 11 is 1.55. The summed E-state index contributed by atoms with van der Waals surface area (Å²) in [5, 5.41) is 2.87. The van der Waals surface area contributed by atoms with E-state index in [0.717, 1.165) is 16.3 Å². The Hall–Kier alpha value is -2.41. The normalized spacial score (nSPS) is 14.4. The summed E-state index contributed by atoms with van der Waals surface area (Å²) in [7, 11) is 0. The molecule has 0 saturated carbocycles. The van der Waals surface area contributed by atoms with Gasteiger partial charge >= 0.3 is 6.09 Å². The lowest BCUT2D eigenvalue weighted by atomic mass is 10.2. The van der Waals surface area contributed by atoms with Crippen LogP contribution in [0.5, 0.6) is 0 Å². The van der Waals surface area contributed by atoms with Crippen LogP contribution in [-0.4, -0.2) is 59.6 Å². The number of amides is 2. The molecule has 1 saturated heterocycles. The Morgan fingerprint density at radius 1 is 1.12 bits per heavy atom. The van der Waals surface area contributed by atoms with E-state index < -0.39 is 0 Å². The predicted octanol–water partition coefficient (Wildman–Crippen LogP) is 2.65. The highest BCUT2D eigenvalue weighted by molar-refractivity contribution is 7.13. The molecule has 7 heteroatoms. The number of carbonyl (C=O) groups is 2. The molecule has 2 heterocycles. The fourth-order valence-electron chi connectivity index (χ4n) is 2.72. The summed E-state index contributed by atoms with van der Waals surface area (Å²) in [6, 6.07) is 9.95. The maximum atomic E-state index is 12.5. The van der Waals surface area contributed by atoms with E-state index in [1.807, 2.05) is 35.7 Å². The SMILES string of the molecule is CCOC(=O)N1CCN(C(=O)Cc2csc(-c3ccccc3)n2)CC1. The van der Waals surface area contributed by atoms with Gasteiger partial charge in [-0.15, -0.1) is 11.3 Å². The first kappa shape index (κ1) is 17.4. The number of hydrogen-bond acceptors (Lipinski definition) is 5. The number of thiazole rings is 1. The maximum absolute atomic E-state index is 12.5. The number of carbonyl (C=O) groups excluding carboxylic acids is 2. The minimum Gasteiger partial charge on any atom is -0.450 e. The molecule has 0 spiro atoms. The largest absolute Gasteiger partial charge is 0.450 e. The summed E-state index contributed by atoms with van der Waals surface area (Å²) in [4.78, 5) is 32.2. The monoisotopic (exact) mass is 359 g/mol. The lowest BCUT2D eigenvalue weighted by molar-refractivity contribution is -0.132. The van der Waals surface area contributed by atoms with Crippen molar-refractivity contribution < 1.29 is 14.3 Å². The van der Waals surface area contributed by atoms with Gasteiger partial charge in [-0.3, -0.25) is 4.79 Å². The van der Waals surface area contributed by atoms with E-state index in [1.165, 1.54) is 0 Å². The van der Waals surface area contributed by atoms with Crippen LogP contribution in [0.15, 0.2) is 35.7 Å². The minimum absolute atomic E-state index is 0.0495. The van der Waals surface area contributed by atoms with Crippen molar-refractivity contribution in [2.45, 2.75) is 13.3 Å². The highest BCUT2D eigenvalue weighted by Gasteiger charge is 2.25. The molecule has 0 unspecified atom stereocenters. The van der Waals surface area contributed by atoms with Gasteiger partial charge in [0.1, 0.15) is 5.01 Å². The van der Waals surface area contributed by atoms with Crippen LogP contribution >= 0.6 is 11.3 Å². The van der Waals surface area contributed by atoms with E-state index in [4.69, 9.17) is 4.74 Å². The number of ether oxygens (including phenoxy) is 1. The molecule has 1 aromatic carbocycles. The van der Waals surface area contributed by atoms with E-state index in [0.29, 0.717) is 39.2 Å². The van der Waals surface area contributed by atoms with Gasteiger partial charge in [-0.2, -0.15) is 0 Å². The summed E-state index contributed by atoms with van der Waals surface area (Å²) in [5.74, 6) is 0.0495. The topological polar surface area (TPSA) is 62.7 Å². The molecule has 0 bridgehead atoms. The molecule has 2 aromatic rings. The zero-order valence-corrected chi connectivity index (χ0v) is 15.0. The molecule has 6 nitrogen and oxygen atoms in total. The van der Waals surface area contributed by atoms with E-state index in [9.17, 15) is 9.59 Å². The van der Waals surface area contributed by atoms with Crippen LogP contribution in [-0.2, 0) is 16.0 Å². The second kappa shape index (κ2) is 8.11. The van der Waals surface area contributed by atoms with Gasteiger partial charge in [0.05, 0.1) is 18.7 Å². The van der Waals surface area contributed by atoms with Crippen LogP contribution in [0.4, 0.5) is 4.79 Å². The Labute approximate surface area is 151 Å². The molecule has 1 aliphatic rings. The van der Waals surface area contributed by atoms with Gasteiger partial charge < -0.3 is 14.5 Å². The Bertz CT molecular complexity index is 724. The third-order valence-electron chi connectivity index (χ3n) is 4.06. The zero-order valence-electron chi connectivity index (χ0n) is 14.2. The molecule has 0 aliphatic carbocycles. The van der Waals surface area contributed by atoms with Gasteiger partial charge in [0.2, 0.25) is 5.91 Å². The molecule has 1 aromatic heterocycles. The van der Waals surface area contributed by atoms with Crippen LogP contribution in [0.3, 0.4) is 0 Å². The van der Waals surface area contributed by atoms with Crippen LogP contribution in [0.25, 0.3) is 10.6 Å². The lowest BCUT2D eigenvalue weighted by Crippen LogP contribution is -2.51. The van der Waals surface area contributed by atoms with Crippen molar-refractivity contribution in [2.75, 3.05) is 32.8 Å². The number of nitrogens with zero attached hydrogens (tertiary/aromatic N) is 3. The summed E-state index contributed by atoms with van der Waals surface area (Å²) in [5.41, 5.74) is 1.86. The van der Waals surface area contributed by atoms with Crippen molar-refractivity contribution in [3.8, 4) is 10.6 Å². The van der Waals surface area contributed by atoms with Gasteiger partial charge in [0.15, 0.2) is 0 Å². The van der Waals surface area contributed by atoms with E-state index in [1.54, 1.807) is 28.1 Å². The molecule has 0 N–H and O–H groups in total. The van der Waals surface area contributed by atoms with Gasteiger partial charge in [-0.25, -0.2) is 9.78 Å². The first-order valence-electron chi connectivity index (χ1n) is 8.36. The van der Waals surface area contributed by atoms with Crippen LogP contribution < -0.4 is 0 Å². The maximum Gasteiger partial charge on any atom is 0.409 e. The molecule has 132 valence electrons. The highest BCUT2D eigenvalue weighted by atomic mass is 32.1. The van der Waals surface area contributed by atoms with Gasteiger partial charge in [0.25, 0.3) is 0 Å². The number of rotatable bonds is 4. The molecular formula is C18H21N3O3S. The molecule has 1 fully saturated rings. The van der Waals surface area contributed by atoms with Crippen molar-refractivity contribution in [1.82, 2.24) is 14.8 Å². The van der Waals surface area contributed by atoms with Crippen molar-refractivity contribution in [1.29, 1.82) is 0 Å². The lowest BCUT2D eigenvalue weighted by Gasteiger charge is -2.34. The van der Waals surface area contributed by atoms with Crippen LogP contribution in [0, 0.1) is 0 Å². The number of benzene rings is 1. The molecule has 0 atom stereocenters. The number of hydrogen-bond donors (Lipinski definition) is 0. The van der Waals surface area contributed by atoms with E-state index in [2.05, 4.69) is 4.98 Å². The summed E-state index contributed by atoms with van der Waals surface area (Å²) in [6.07, 6.45) is -0.00969. The first-order chi connectivity index (χ1) is 12.2. The second-order valence-corrected chi connectivity index (χ2v) is 6.61. The average molecular weight is 359 g/mol. The van der Waals surface area contributed by atoms with Gasteiger partial charge in [-0.1, -0.05) is 30.3 Å². The van der Waals surface area contributed by atoms with E-state index in [-0.39, 0.29) is 12.0 Å². The third kappa shape index (κ3) is 4.36. The van der Waals surface area contributed by atoms with Gasteiger partial charge in [0, 0.05) is 37.1 Å². The zero-order chi connectivity index (χ0) is 17.6. The second-order valence-electron chi connectivity index (χ2n) is 5.75. The van der Waals surface area contributed by atoms with Crippen molar-refractivity contribution in [2.24, 2.45) is 0 Å². The molecule has 2 amide bonds. The standard InChI is InChI=1S/C18H21N3O3S/c1-2-24-18(23)21-10-8-20(9-11-21)16(22)12-15-13-25-17(19-15)14-6-4-3-5-7-14/h3-7,13H,2,8-12H2,1H3. The van der Waals surface area contributed by atoms with Gasteiger partial charge in [-0.05, 0) is 6.92 Å². The summed E-state index contributed by atoms with van der Waals surface area (Å²) < 4.78 is 4.99. The number of aromatic nitrogens is 1. The molecule has 3 rings (SSSR count). The number of piperazine rings is 1. The first-order valence-corrected chi connectivity index (χ1v) is 9.24. The smallest absolute Gasteiger partial charge is 0.409 e. The van der Waals surface area contributed by atoms with Crippen molar-refractivity contribution in [3.05, 3.63) is 41.4 Å². The highest BCUT2D eigenvalue weighted by Crippen LogP contribution is 2.23.